The van der Waals surface area contributed by atoms with Crippen LogP contribution < -0.4 is 10.2 Å². The van der Waals surface area contributed by atoms with Crippen LogP contribution in [0.3, 0.4) is 0 Å². The summed E-state index contributed by atoms with van der Waals surface area (Å²) in [6, 6.07) is 10.8. The Morgan fingerprint density at radius 1 is 1.14 bits per heavy atom. The predicted molar refractivity (Wildman–Crippen MR) is 126 cm³/mol. The topological polar surface area (TPSA) is 19.7 Å². The van der Waals surface area contributed by atoms with Crippen molar-refractivity contribution in [3.8, 4) is 0 Å². The normalized spacial score (nSPS) is 15.2. The number of likely N-dealkylation sites (tertiary alicyclic amines) is 1. The molecule has 1 fully saturated rings. The summed E-state index contributed by atoms with van der Waals surface area (Å²) in [4.78, 5) is 5.49. The molecule has 0 aliphatic carbocycles. The SMILES string of the molecule is Cc1ccc(C)c(NC(=S)N(CCC[NH+]2CCCCCC2)Cc2cccs2)c1. The molecule has 0 amide bonds. The Labute approximate surface area is 179 Å². The summed E-state index contributed by atoms with van der Waals surface area (Å²) >= 11 is 7.65. The van der Waals surface area contributed by atoms with E-state index in [9.17, 15) is 0 Å². The van der Waals surface area contributed by atoms with Gasteiger partial charge in [-0.3, -0.25) is 0 Å². The van der Waals surface area contributed by atoms with Crippen molar-refractivity contribution in [3.63, 3.8) is 0 Å². The zero-order valence-corrected chi connectivity index (χ0v) is 18.9. The Hall–Kier alpha value is -1.43. The van der Waals surface area contributed by atoms with Crippen molar-refractivity contribution in [3.05, 3.63) is 51.7 Å². The average molecular weight is 417 g/mol. The molecule has 1 aliphatic heterocycles. The Morgan fingerprint density at radius 2 is 1.93 bits per heavy atom. The quantitative estimate of drug-likeness (QED) is 0.652. The number of thiocarbonyl (C=S) groups is 1. The minimum Gasteiger partial charge on any atom is -0.344 e. The molecule has 1 aromatic carbocycles. The number of hydrogen-bond donors (Lipinski definition) is 2. The maximum atomic E-state index is 5.84. The van der Waals surface area contributed by atoms with Crippen LogP contribution in [0.5, 0.6) is 0 Å². The lowest BCUT2D eigenvalue weighted by atomic mass is 10.1. The zero-order chi connectivity index (χ0) is 19.8. The second kappa shape index (κ2) is 10.9. The molecular formula is C23H34N3S2+. The Bertz CT molecular complexity index is 734. The van der Waals surface area contributed by atoms with Crippen LogP contribution in [0.1, 0.15) is 48.1 Å². The minimum absolute atomic E-state index is 0.841. The highest BCUT2D eigenvalue weighted by molar-refractivity contribution is 7.80. The molecular weight excluding hydrogens is 382 g/mol. The molecule has 152 valence electrons. The molecule has 0 bridgehead atoms. The van der Waals surface area contributed by atoms with Gasteiger partial charge in [-0.1, -0.05) is 18.2 Å². The van der Waals surface area contributed by atoms with Crippen LogP contribution in [0.4, 0.5) is 5.69 Å². The van der Waals surface area contributed by atoms with Crippen LogP contribution in [-0.4, -0.2) is 36.2 Å². The lowest BCUT2D eigenvalue weighted by Crippen LogP contribution is -3.11. The van der Waals surface area contributed by atoms with Crippen LogP contribution in [0.15, 0.2) is 35.7 Å². The second-order valence-electron chi connectivity index (χ2n) is 8.02. The molecule has 0 saturated carbocycles. The fraction of sp³-hybridized carbons (Fsp3) is 0.522. The maximum Gasteiger partial charge on any atom is 0.173 e. The van der Waals surface area contributed by atoms with Gasteiger partial charge in [0.1, 0.15) is 0 Å². The zero-order valence-electron chi connectivity index (χ0n) is 17.3. The highest BCUT2D eigenvalue weighted by atomic mass is 32.1. The minimum atomic E-state index is 0.841. The van der Waals surface area contributed by atoms with Gasteiger partial charge >= 0.3 is 0 Å². The smallest absolute Gasteiger partial charge is 0.173 e. The lowest BCUT2D eigenvalue weighted by Gasteiger charge is -2.27. The van der Waals surface area contributed by atoms with E-state index in [0.717, 1.165) is 23.9 Å². The molecule has 3 nitrogen and oxygen atoms in total. The summed E-state index contributed by atoms with van der Waals surface area (Å²) in [7, 11) is 0. The number of aryl methyl sites for hydroxylation is 2. The molecule has 2 N–H and O–H groups in total. The first-order valence-electron chi connectivity index (χ1n) is 10.6. The molecule has 28 heavy (non-hydrogen) atoms. The summed E-state index contributed by atoms with van der Waals surface area (Å²) in [5.41, 5.74) is 3.61. The third-order valence-electron chi connectivity index (χ3n) is 5.62. The van der Waals surface area contributed by atoms with Crippen LogP contribution in [0.25, 0.3) is 0 Å². The van der Waals surface area contributed by atoms with E-state index in [4.69, 9.17) is 12.2 Å². The molecule has 0 unspecified atom stereocenters. The van der Waals surface area contributed by atoms with Crippen molar-refractivity contribution in [1.29, 1.82) is 0 Å². The number of anilines is 1. The fourth-order valence-electron chi connectivity index (χ4n) is 3.91. The molecule has 0 radical (unpaired) electrons. The molecule has 1 saturated heterocycles. The van der Waals surface area contributed by atoms with Gasteiger partial charge in [-0.2, -0.15) is 0 Å². The third kappa shape index (κ3) is 6.57. The van der Waals surface area contributed by atoms with Crippen molar-refractivity contribution < 1.29 is 4.90 Å². The highest BCUT2D eigenvalue weighted by Crippen LogP contribution is 2.18. The average Bonchev–Trinajstić information content (AvgIpc) is 3.05. The summed E-state index contributed by atoms with van der Waals surface area (Å²) in [6.45, 7) is 10.1. The van der Waals surface area contributed by atoms with E-state index >= 15 is 0 Å². The predicted octanol–water partition coefficient (Wildman–Crippen LogP) is 4.41. The van der Waals surface area contributed by atoms with E-state index in [0.29, 0.717) is 0 Å². The largest absolute Gasteiger partial charge is 0.344 e. The number of nitrogens with zero attached hydrogens (tertiary/aromatic N) is 1. The maximum absolute atomic E-state index is 5.84. The lowest BCUT2D eigenvalue weighted by molar-refractivity contribution is -0.899. The summed E-state index contributed by atoms with van der Waals surface area (Å²) in [5.74, 6) is 0. The Morgan fingerprint density at radius 3 is 2.64 bits per heavy atom. The van der Waals surface area contributed by atoms with E-state index in [-0.39, 0.29) is 0 Å². The molecule has 5 heteroatoms. The van der Waals surface area contributed by atoms with Gasteiger partial charge in [0.2, 0.25) is 0 Å². The number of rotatable bonds is 7. The van der Waals surface area contributed by atoms with Crippen molar-refractivity contribution in [1.82, 2.24) is 4.90 Å². The Kier molecular flexibility index (Phi) is 8.31. The van der Waals surface area contributed by atoms with Gasteiger partial charge in [0.25, 0.3) is 0 Å². The highest BCUT2D eigenvalue weighted by Gasteiger charge is 2.16. The number of hydrogen-bond acceptors (Lipinski definition) is 2. The van der Waals surface area contributed by atoms with Gasteiger partial charge in [-0.25, -0.2) is 0 Å². The van der Waals surface area contributed by atoms with E-state index in [2.05, 4.69) is 59.8 Å². The Balaban J connectivity index is 1.60. The van der Waals surface area contributed by atoms with Gasteiger partial charge in [0.15, 0.2) is 5.11 Å². The first-order valence-corrected chi connectivity index (χ1v) is 11.9. The van der Waals surface area contributed by atoms with Gasteiger partial charge in [-0.15, -0.1) is 11.3 Å². The number of thiophene rings is 1. The number of nitrogens with one attached hydrogen (secondary N) is 2. The molecule has 2 heterocycles. The van der Waals surface area contributed by atoms with Gasteiger partial charge < -0.3 is 15.1 Å². The van der Waals surface area contributed by atoms with E-state index in [1.807, 2.05) is 11.3 Å². The first-order chi connectivity index (χ1) is 13.6. The van der Waals surface area contributed by atoms with Crippen molar-refractivity contribution >= 4 is 34.4 Å². The molecule has 1 aromatic heterocycles. The fourth-order valence-corrected chi connectivity index (χ4v) is 4.89. The third-order valence-corrected chi connectivity index (χ3v) is 6.84. The van der Waals surface area contributed by atoms with Crippen molar-refractivity contribution in [2.24, 2.45) is 0 Å². The number of benzene rings is 1. The van der Waals surface area contributed by atoms with Gasteiger partial charge in [-0.05, 0) is 80.4 Å². The molecule has 2 aromatic rings. The summed E-state index contributed by atoms with van der Waals surface area (Å²) in [5, 5.41) is 6.51. The van der Waals surface area contributed by atoms with Crippen LogP contribution in [-0.2, 0) is 6.54 Å². The monoisotopic (exact) mass is 416 g/mol. The molecule has 3 rings (SSSR count). The van der Waals surface area contributed by atoms with Gasteiger partial charge in [0.05, 0.1) is 26.2 Å². The van der Waals surface area contributed by atoms with Crippen molar-refractivity contribution in [2.45, 2.75) is 52.5 Å². The molecule has 0 spiro atoms. The molecule has 1 aliphatic rings. The summed E-state index contributed by atoms with van der Waals surface area (Å²) in [6.07, 6.45) is 6.80. The van der Waals surface area contributed by atoms with E-state index < -0.39 is 0 Å². The second-order valence-corrected chi connectivity index (χ2v) is 9.44. The van der Waals surface area contributed by atoms with Crippen LogP contribution in [0.2, 0.25) is 0 Å². The van der Waals surface area contributed by atoms with Crippen molar-refractivity contribution in [2.75, 3.05) is 31.5 Å². The van der Waals surface area contributed by atoms with Crippen LogP contribution >= 0.6 is 23.6 Å². The number of quaternary nitrogens is 1. The van der Waals surface area contributed by atoms with Crippen LogP contribution in [0, 0.1) is 13.8 Å². The van der Waals surface area contributed by atoms with E-state index in [1.165, 1.54) is 67.7 Å². The van der Waals surface area contributed by atoms with E-state index in [1.54, 1.807) is 4.90 Å². The standard InChI is InChI=1S/C23H33N3S2/c1-19-10-11-20(2)22(17-19)24-23(27)26(18-21-9-7-16-28-21)15-8-14-25-12-5-3-4-6-13-25/h7,9-11,16-17H,3-6,8,12-15,18H2,1-2H3,(H,24,27)/p+1. The summed E-state index contributed by atoms with van der Waals surface area (Å²) < 4.78 is 0. The van der Waals surface area contributed by atoms with Gasteiger partial charge in [0, 0.05) is 23.5 Å². The molecule has 0 atom stereocenters. The first kappa shape index (κ1) is 21.3.